The van der Waals surface area contributed by atoms with Crippen LogP contribution >= 0.6 is 0 Å². The van der Waals surface area contributed by atoms with Gasteiger partial charge in [0.1, 0.15) is 11.8 Å². The average Bonchev–Trinajstić information content (AvgIpc) is 3.01. The molecule has 2 aliphatic heterocycles. The molecule has 3 heterocycles. The van der Waals surface area contributed by atoms with Crippen LogP contribution in [0.3, 0.4) is 0 Å². The number of hydrogen-bond donors (Lipinski definition) is 0. The van der Waals surface area contributed by atoms with Gasteiger partial charge in [0.15, 0.2) is 5.79 Å². The minimum Gasteiger partial charge on any atom is -0.346 e. The first kappa shape index (κ1) is 11.6. The number of nitrogens with zero attached hydrogens (tertiary/aromatic N) is 3. The summed E-state index contributed by atoms with van der Waals surface area (Å²) in [5.74, 6) is -0.394. The van der Waals surface area contributed by atoms with Crippen molar-refractivity contribution in [1.82, 2.24) is 9.88 Å². The Morgan fingerprint density at radius 1 is 1.44 bits per heavy atom. The fraction of sp³-hybridized carbons (Fsp3) is 0.538. The molecule has 2 saturated heterocycles. The maximum absolute atomic E-state index is 9.02. The molecule has 94 valence electrons. The van der Waals surface area contributed by atoms with Gasteiger partial charge in [-0.25, -0.2) is 4.98 Å². The van der Waals surface area contributed by atoms with Gasteiger partial charge in [-0.3, -0.25) is 4.90 Å². The molecule has 0 radical (unpaired) electrons. The fourth-order valence-corrected chi connectivity index (χ4v) is 2.60. The molecule has 5 heteroatoms. The van der Waals surface area contributed by atoms with E-state index in [1.54, 1.807) is 6.20 Å². The van der Waals surface area contributed by atoms with Crippen LogP contribution in [0.1, 0.15) is 17.7 Å². The molecule has 1 aromatic heterocycles. The molecular formula is C13H15N3O2. The van der Waals surface area contributed by atoms with Crippen molar-refractivity contribution in [3.63, 3.8) is 0 Å². The van der Waals surface area contributed by atoms with Crippen molar-refractivity contribution in [2.45, 2.75) is 18.8 Å². The average molecular weight is 245 g/mol. The molecule has 0 N–H and O–H groups in total. The second-order valence-corrected chi connectivity index (χ2v) is 4.69. The van der Waals surface area contributed by atoms with Gasteiger partial charge in [-0.15, -0.1) is 0 Å². The third-order valence-electron chi connectivity index (χ3n) is 3.48. The monoisotopic (exact) mass is 245 g/mol. The number of aromatic nitrogens is 1. The summed E-state index contributed by atoms with van der Waals surface area (Å²) < 4.78 is 11.4. The van der Waals surface area contributed by atoms with Gasteiger partial charge in [-0.05, 0) is 6.07 Å². The predicted molar refractivity (Wildman–Crippen MR) is 63.5 cm³/mol. The SMILES string of the molecule is N#Cc1ncccc1CN1CCC2(C1)OCCO2. The lowest BCUT2D eigenvalue weighted by atomic mass is 10.2. The number of rotatable bonds is 2. The highest BCUT2D eigenvalue weighted by molar-refractivity contribution is 5.30. The number of likely N-dealkylation sites (tertiary alicyclic amines) is 1. The lowest BCUT2D eigenvalue weighted by Gasteiger charge is -2.22. The van der Waals surface area contributed by atoms with Crippen molar-refractivity contribution < 1.29 is 9.47 Å². The van der Waals surface area contributed by atoms with E-state index in [9.17, 15) is 0 Å². The Labute approximate surface area is 106 Å². The van der Waals surface area contributed by atoms with Crippen LogP contribution in [-0.2, 0) is 16.0 Å². The molecule has 1 spiro atoms. The first-order chi connectivity index (χ1) is 8.81. The molecule has 0 saturated carbocycles. The topological polar surface area (TPSA) is 58.4 Å². The van der Waals surface area contributed by atoms with Gasteiger partial charge in [0.25, 0.3) is 0 Å². The van der Waals surface area contributed by atoms with E-state index in [0.717, 1.165) is 31.6 Å². The quantitative estimate of drug-likeness (QED) is 0.775. The highest BCUT2D eigenvalue weighted by atomic mass is 16.7. The normalized spacial score (nSPS) is 22.4. The Morgan fingerprint density at radius 3 is 3.06 bits per heavy atom. The zero-order valence-electron chi connectivity index (χ0n) is 10.1. The summed E-state index contributed by atoms with van der Waals surface area (Å²) in [4.78, 5) is 6.33. The van der Waals surface area contributed by atoms with Crippen LogP contribution in [0.2, 0.25) is 0 Å². The maximum Gasteiger partial charge on any atom is 0.182 e. The van der Waals surface area contributed by atoms with Crippen molar-refractivity contribution in [2.24, 2.45) is 0 Å². The van der Waals surface area contributed by atoms with Crippen molar-refractivity contribution >= 4 is 0 Å². The van der Waals surface area contributed by atoms with E-state index in [1.165, 1.54) is 0 Å². The van der Waals surface area contributed by atoms with E-state index in [4.69, 9.17) is 14.7 Å². The van der Waals surface area contributed by atoms with Gasteiger partial charge >= 0.3 is 0 Å². The van der Waals surface area contributed by atoms with Crippen LogP contribution in [-0.4, -0.2) is 42.0 Å². The van der Waals surface area contributed by atoms with Crippen LogP contribution in [0, 0.1) is 11.3 Å². The summed E-state index contributed by atoms with van der Waals surface area (Å²) in [6.45, 7) is 3.80. The van der Waals surface area contributed by atoms with E-state index >= 15 is 0 Å². The smallest absolute Gasteiger partial charge is 0.182 e. The largest absolute Gasteiger partial charge is 0.346 e. The summed E-state index contributed by atoms with van der Waals surface area (Å²) in [5.41, 5.74) is 1.47. The van der Waals surface area contributed by atoms with E-state index in [0.29, 0.717) is 18.9 Å². The van der Waals surface area contributed by atoms with E-state index in [1.807, 2.05) is 12.1 Å². The molecule has 2 aliphatic rings. The first-order valence-electron chi connectivity index (χ1n) is 6.16. The van der Waals surface area contributed by atoms with E-state index < -0.39 is 5.79 Å². The second-order valence-electron chi connectivity index (χ2n) is 4.69. The Bertz CT molecular complexity index is 477. The van der Waals surface area contributed by atoms with Gasteiger partial charge in [0.05, 0.1) is 19.8 Å². The van der Waals surface area contributed by atoms with Gasteiger partial charge in [0.2, 0.25) is 0 Å². The second kappa shape index (κ2) is 4.65. The predicted octanol–water partition coefficient (Wildman–Crippen LogP) is 0.902. The highest BCUT2D eigenvalue weighted by Crippen LogP contribution is 2.31. The lowest BCUT2D eigenvalue weighted by Crippen LogP contribution is -2.34. The van der Waals surface area contributed by atoms with Crippen LogP contribution < -0.4 is 0 Å². The molecule has 3 rings (SSSR count). The standard InChI is InChI=1S/C13H15N3O2/c14-8-12-11(2-1-4-15-12)9-16-5-3-13(10-16)17-6-7-18-13/h1-2,4H,3,5-7,9-10H2. The molecule has 0 bridgehead atoms. The molecule has 0 aliphatic carbocycles. The molecule has 0 unspecified atom stereocenters. The third kappa shape index (κ3) is 2.10. The van der Waals surface area contributed by atoms with Crippen molar-refractivity contribution in [1.29, 1.82) is 5.26 Å². The van der Waals surface area contributed by atoms with Gasteiger partial charge < -0.3 is 9.47 Å². The summed E-state index contributed by atoms with van der Waals surface area (Å²) in [6.07, 6.45) is 2.55. The Balaban J connectivity index is 1.69. The molecular weight excluding hydrogens is 230 g/mol. The van der Waals surface area contributed by atoms with Gasteiger partial charge in [0, 0.05) is 31.3 Å². The summed E-state index contributed by atoms with van der Waals surface area (Å²) in [6, 6.07) is 5.95. The van der Waals surface area contributed by atoms with Crippen molar-refractivity contribution in [3.8, 4) is 6.07 Å². The summed E-state index contributed by atoms with van der Waals surface area (Å²) >= 11 is 0. The minimum absolute atomic E-state index is 0.394. The van der Waals surface area contributed by atoms with Crippen LogP contribution in [0.25, 0.3) is 0 Å². The maximum atomic E-state index is 9.02. The highest BCUT2D eigenvalue weighted by Gasteiger charge is 2.43. The van der Waals surface area contributed by atoms with Crippen LogP contribution in [0.4, 0.5) is 0 Å². The number of pyridine rings is 1. The lowest BCUT2D eigenvalue weighted by molar-refractivity contribution is -0.145. The van der Waals surface area contributed by atoms with E-state index in [2.05, 4.69) is 16.0 Å². The molecule has 2 fully saturated rings. The third-order valence-corrected chi connectivity index (χ3v) is 3.48. The van der Waals surface area contributed by atoms with E-state index in [-0.39, 0.29) is 0 Å². The van der Waals surface area contributed by atoms with Crippen LogP contribution in [0.5, 0.6) is 0 Å². The molecule has 0 amide bonds. The number of hydrogen-bond acceptors (Lipinski definition) is 5. The summed E-state index contributed by atoms with van der Waals surface area (Å²) in [7, 11) is 0. The van der Waals surface area contributed by atoms with Gasteiger partial charge in [-0.1, -0.05) is 6.07 Å². The number of nitriles is 1. The fourth-order valence-electron chi connectivity index (χ4n) is 2.60. The minimum atomic E-state index is -0.394. The van der Waals surface area contributed by atoms with Crippen molar-refractivity contribution in [2.75, 3.05) is 26.3 Å². The zero-order chi connectivity index (χ0) is 12.4. The molecule has 0 atom stereocenters. The Hall–Kier alpha value is -1.48. The number of ether oxygens (including phenoxy) is 2. The Kier molecular flexibility index (Phi) is 3.00. The molecule has 18 heavy (non-hydrogen) atoms. The Morgan fingerprint density at radius 2 is 2.28 bits per heavy atom. The first-order valence-corrected chi connectivity index (χ1v) is 6.16. The molecule has 1 aromatic rings. The van der Waals surface area contributed by atoms with Gasteiger partial charge in [-0.2, -0.15) is 5.26 Å². The molecule has 0 aromatic carbocycles. The van der Waals surface area contributed by atoms with Crippen molar-refractivity contribution in [3.05, 3.63) is 29.6 Å². The van der Waals surface area contributed by atoms with Crippen LogP contribution in [0.15, 0.2) is 18.3 Å². The zero-order valence-corrected chi connectivity index (χ0v) is 10.1. The molecule has 5 nitrogen and oxygen atoms in total. The summed E-state index contributed by atoms with van der Waals surface area (Å²) in [5, 5.41) is 9.02.